The molecule has 3 atom stereocenters. The quantitative estimate of drug-likeness (QED) is 0.426. The molecule has 4 nitrogen and oxygen atoms in total. The van der Waals surface area contributed by atoms with E-state index in [1.165, 1.54) is 5.57 Å². The molecule has 1 aliphatic rings. The van der Waals surface area contributed by atoms with E-state index in [-0.39, 0.29) is 25.1 Å². The van der Waals surface area contributed by atoms with E-state index in [1.54, 1.807) is 14.2 Å². The van der Waals surface area contributed by atoms with Crippen LogP contribution in [0.1, 0.15) is 25.5 Å². The van der Waals surface area contributed by atoms with Crippen LogP contribution in [0.4, 0.5) is 0 Å². The van der Waals surface area contributed by atoms with Crippen molar-refractivity contribution in [3.8, 4) is 5.75 Å². The highest BCUT2D eigenvalue weighted by Crippen LogP contribution is 2.33. The Labute approximate surface area is 139 Å². The lowest BCUT2D eigenvalue weighted by atomic mass is 9.97. The highest BCUT2D eigenvalue weighted by atomic mass is 127. The van der Waals surface area contributed by atoms with Crippen molar-refractivity contribution < 1.29 is 18.9 Å². The third-order valence-corrected chi connectivity index (χ3v) is 4.36. The van der Waals surface area contributed by atoms with Gasteiger partial charge in [-0.15, -0.1) is 0 Å². The Morgan fingerprint density at radius 1 is 1.29 bits per heavy atom. The molecule has 2 rings (SSSR count). The average molecular weight is 404 g/mol. The number of hydrogen-bond acceptors (Lipinski definition) is 4. The van der Waals surface area contributed by atoms with E-state index in [4.69, 9.17) is 18.9 Å². The van der Waals surface area contributed by atoms with Crippen molar-refractivity contribution in [1.82, 2.24) is 0 Å². The number of halogens is 1. The van der Waals surface area contributed by atoms with Crippen LogP contribution >= 0.6 is 22.6 Å². The van der Waals surface area contributed by atoms with Gasteiger partial charge in [0.05, 0.1) is 16.8 Å². The van der Waals surface area contributed by atoms with Gasteiger partial charge in [-0.1, -0.05) is 6.07 Å². The summed E-state index contributed by atoms with van der Waals surface area (Å²) in [5.74, 6) is 0.880. The summed E-state index contributed by atoms with van der Waals surface area (Å²) in [6.45, 7) is 4.37. The topological polar surface area (TPSA) is 36.9 Å². The highest BCUT2D eigenvalue weighted by Gasteiger charge is 2.29. The fourth-order valence-corrected chi connectivity index (χ4v) is 3.25. The molecule has 0 aromatic heterocycles. The predicted octanol–water partition coefficient (Wildman–Crippen LogP) is 3.70. The lowest BCUT2D eigenvalue weighted by Crippen LogP contribution is -2.35. The normalized spacial score (nSPS) is 25.6. The minimum atomic E-state index is -0.0569. The molecule has 5 heteroatoms. The van der Waals surface area contributed by atoms with Crippen LogP contribution in [-0.4, -0.2) is 33.2 Å². The number of rotatable bonds is 5. The van der Waals surface area contributed by atoms with Gasteiger partial charge in [0, 0.05) is 7.11 Å². The smallest absolute Gasteiger partial charge is 0.147 e. The molecule has 0 bridgehead atoms. The van der Waals surface area contributed by atoms with Crippen molar-refractivity contribution in [2.24, 2.45) is 0 Å². The summed E-state index contributed by atoms with van der Waals surface area (Å²) >= 11 is 2.27. The summed E-state index contributed by atoms with van der Waals surface area (Å²) in [6.07, 6.45) is 1.98. The third kappa shape index (κ3) is 3.97. The van der Waals surface area contributed by atoms with Crippen molar-refractivity contribution in [3.63, 3.8) is 0 Å². The molecule has 1 heterocycles. The highest BCUT2D eigenvalue weighted by molar-refractivity contribution is 14.1. The molecular formula is C16H21IO4. The lowest BCUT2D eigenvalue weighted by Gasteiger charge is -2.33. The Balaban J connectivity index is 2.19. The maximum atomic E-state index is 6.08. The Morgan fingerprint density at radius 2 is 2.05 bits per heavy atom. The van der Waals surface area contributed by atoms with Gasteiger partial charge in [0.2, 0.25) is 0 Å². The van der Waals surface area contributed by atoms with Gasteiger partial charge in [-0.3, -0.25) is 0 Å². The predicted molar refractivity (Wildman–Crippen MR) is 89.5 cm³/mol. The Morgan fingerprint density at radius 3 is 2.62 bits per heavy atom. The Hall–Kier alpha value is -0.630. The summed E-state index contributed by atoms with van der Waals surface area (Å²) in [5, 5.41) is 0. The summed E-state index contributed by atoms with van der Waals surface area (Å²) in [6, 6.07) is 6.11. The van der Waals surface area contributed by atoms with Crippen LogP contribution in [0.3, 0.4) is 0 Å². The van der Waals surface area contributed by atoms with E-state index in [0.29, 0.717) is 0 Å². The van der Waals surface area contributed by atoms with Gasteiger partial charge in [-0.05, 0) is 65.8 Å². The molecule has 0 saturated heterocycles. The first-order valence-electron chi connectivity index (χ1n) is 6.84. The van der Waals surface area contributed by atoms with Crippen molar-refractivity contribution >= 4 is 22.6 Å². The molecule has 0 saturated carbocycles. The molecule has 0 fully saturated rings. The van der Waals surface area contributed by atoms with Gasteiger partial charge < -0.3 is 18.9 Å². The SMILES string of the molecule is COCO[C@@H]1C(C)=C[C@H](c2ccc(OC)c(I)c2)O[C@@H]1C. The van der Waals surface area contributed by atoms with Crippen molar-refractivity contribution in [1.29, 1.82) is 0 Å². The third-order valence-electron chi connectivity index (χ3n) is 3.52. The molecule has 0 spiro atoms. The van der Waals surface area contributed by atoms with Gasteiger partial charge >= 0.3 is 0 Å². The molecule has 1 aliphatic heterocycles. The number of ether oxygens (including phenoxy) is 4. The van der Waals surface area contributed by atoms with Crippen molar-refractivity contribution in [2.75, 3.05) is 21.0 Å². The van der Waals surface area contributed by atoms with Gasteiger partial charge in [-0.2, -0.15) is 0 Å². The van der Waals surface area contributed by atoms with E-state index >= 15 is 0 Å². The number of hydrogen-bond donors (Lipinski definition) is 0. The molecule has 21 heavy (non-hydrogen) atoms. The van der Waals surface area contributed by atoms with Crippen LogP contribution in [0, 0.1) is 3.57 Å². The Kier molecular flexibility index (Phi) is 6.04. The second-order valence-electron chi connectivity index (χ2n) is 5.06. The molecule has 116 valence electrons. The van der Waals surface area contributed by atoms with Crippen LogP contribution in [0.2, 0.25) is 0 Å². The molecule has 0 aliphatic carbocycles. The lowest BCUT2D eigenvalue weighted by molar-refractivity contribution is -0.127. The molecule has 0 unspecified atom stereocenters. The van der Waals surface area contributed by atoms with Crippen LogP contribution in [0.5, 0.6) is 5.75 Å². The monoisotopic (exact) mass is 404 g/mol. The summed E-state index contributed by atoms with van der Waals surface area (Å²) in [4.78, 5) is 0. The number of benzene rings is 1. The first-order chi connectivity index (χ1) is 10.1. The molecule has 0 amide bonds. The second-order valence-corrected chi connectivity index (χ2v) is 6.22. The summed E-state index contributed by atoms with van der Waals surface area (Å²) in [7, 11) is 3.30. The van der Waals surface area contributed by atoms with Crippen LogP contribution < -0.4 is 4.74 Å². The van der Waals surface area contributed by atoms with E-state index in [2.05, 4.69) is 41.7 Å². The van der Waals surface area contributed by atoms with Gasteiger partial charge in [0.15, 0.2) is 0 Å². The van der Waals surface area contributed by atoms with E-state index in [0.717, 1.165) is 14.9 Å². The van der Waals surface area contributed by atoms with Crippen LogP contribution in [0.15, 0.2) is 29.8 Å². The average Bonchev–Trinajstić information content (AvgIpc) is 2.46. The molecular weight excluding hydrogens is 383 g/mol. The first kappa shape index (κ1) is 16.7. The maximum Gasteiger partial charge on any atom is 0.147 e. The zero-order valence-corrected chi connectivity index (χ0v) is 14.9. The molecule has 0 radical (unpaired) electrons. The largest absolute Gasteiger partial charge is 0.496 e. The van der Waals surface area contributed by atoms with Gasteiger partial charge in [0.25, 0.3) is 0 Å². The van der Waals surface area contributed by atoms with Gasteiger partial charge in [-0.25, -0.2) is 0 Å². The fourth-order valence-electron chi connectivity index (χ4n) is 2.49. The molecule has 1 aromatic rings. The maximum absolute atomic E-state index is 6.08. The van der Waals surface area contributed by atoms with Crippen LogP contribution in [0.25, 0.3) is 0 Å². The minimum absolute atomic E-state index is 0.0186. The zero-order chi connectivity index (χ0) is 15.4. The Bertz CT molecular complexity index is 515. The van der Waals surface area contributed by atoms with Crippen LogP contribution in [-0.2, 0) is 14.2 Å². The van der Waals surface area contributed by atoms with Crippen molar-refractivity contribution in [2.45, 2.75) is 32.2 Å². The van der Waals surface area contributed by atoms with E-state index in [9.17, 15) is 0 Å². The molecule has 0 N–H and O–H groups in total. The number of methoxy groups -OCH3 is 2. The minimum Gasteiger partial charge on any atom is -0.496 e. The van der Waals surface area contributed by atoms with E-state index in [1.807, 2.05) is 19.1 Å². The zero-order valence-electron chi connectivity index (χ0n) is 12.8. The second kappa shape index (κ2) is 7.58. The van der Waals surface area contributed by atoms with Crippen molar-refractivity contribution in [3.05, 3.63) is 39.0 Å². The summed E-state index contributed by atoms with van der Waals surface area (Å²) in [5.41, 5.74) is 2.29. The standard InChI is InChI=1S/C16H21IO4/c1-10-7-15(21-11(2)16(10)20-9-18-3)12-5-6-14(19-4)13(17)8-12/h5-8,11,15-16H,9H2,1-4H3/t11-,15-,16-/m1/s1. The summed E-state index contributed by atoms with van der Waals surface area (Å²) < 4.78 is 23.1. The fraction of sp³-hybridized carbons (Fsp3) is 0.500. The molecule has 1 aromatic carbocycles. The van der Waals surface area contributed by atoms with E-state index < -0.39 is 0 Å². The van der Waals surface area contributed by atoms with Gasteiger partial charge in [0.1, 0.15) is 24.8 Å². The first-order valence-corrected chi connectivity index (χ1v) is 7.92.